The first kappa shape index (κ1) is 26.7. The summed E-state index contributed by atoms with van der Waals surface area (Å²) in [6.45, 7) is 5.50. The van der Waals surface area contributed by atoms with Crippen LogP contribution in [0.2, 0.25) is 10.0 Å². The first-order chi connectivity index (χ1) is 18.6. The molecule has 39 heavy (non-hydrogen) atoms. The van der Waals surface area contributed by atoms with E-state index in [0.717, 1.165) is 16.8 Å². The van der Waals surface area contributed by atoms with Crippen LogP contribution in [0.3, 0.4) is 0 Å². The zero-order chi connectivity index (χ0) is 28.2. The van der Waals surface area contributed by atoms with Crippen LogP contribution in [0.5, 0.6) is 11.9 Å². The van der Waals surface area contributed by atoms with E-state index in [1.165, 1.54) is 25.7 Å². The molecule has 1 N–H and O–H groups in total. The van der Waals surface area contributed by atoms with Crippen molar-refractivity contribution in [3.63, 3.8) is 0 Å². The predicted molar refractivity (Wildman–Crippen MR) is 149 cm³/mol. The molecule has 1 atom stereocenters. The molecule has 0 spiro atoms. The molecule has 4 heterocycles. The average molecular weight is 569 g/mol. The van der Waals surface area contributed by atoms with Crippen molar-refractivity contribution in [1.82, 2.24) is 24.3 Å². The van der Waals surface area contributed by atoms with Crippen molar-refractivity contribution in [3.8, 4) is 28.8 Å². The van der Waals surface area contributed by atoms with Crippen molar-refractivity contribution in [1.29, 1.82) is 0 Å². The Hall–Kier alpha value is -3.89. The number of anilines is 1. The van der Waals surface area contributed by atoms with Gasteiger partial charge in [-0.15, -0.1) is 0 Å². The molecule has 12 heteroatoms. The van der Waals surface area contributed by atoms with Gasteiger partial charge in [-0.25, -0.2) is 9.67 Å². The number of hydrogen-bond acceptors (Lipinski definition) is 8. The van der Waals surface area contributed by atoms with E-state index in [1.807, 2.05) is 26.0 Å². The van der Waals surface area contributed by atoms with Crippen LogP contribution in [0.1, 0.15) is 60.0 Å². The number of rotatable bonds is 6. The van der Waals surface area contributed by atoms with Gasteiger partial charge in [-0.1, -0.05) is 43.1 Å². The summed E-state index contributed by atoms with van der Waals surface area (Å²) in [5.74, 6) is -0.0699. The van der Waals surface area contributed by atoms with Crippen LogP contribution >= 0.6 is 23.2 Å². The number of pyridine rings is 1. The van der Waals surface area contributed by atoms with E-state index in [2.05, 4.69) is 15.3 Å². The lowest BCUT2D eigenvalue weighted by molar-refractivity contribution is 0.101. The molecule has 0 bridgehead atoms. The number of hydrogen-bond donors (Lipinski definition) is 1. The highest BCUT2D eigenvalue weighted by Crippen LogP contribution is 2.46. The lowest BCUT2D eigenvalue weighted by atomic mass is 9.85. The van der Waals surface area contributed by atoms with Gasteiger partial charge < -0.3 is 19.4 Å². The second-order valence-electron chi connectivity index (χ2n) is 9.45. The number of carbonyl (C=O) groups is 1. The minimum Gasteiger partial charge on any atom is -0.479 e. The summed E-state index contributed by atoms with van der Waals surface area (Å²) in [5.41, 5.74) is 4.68. The number of fused-ring (bicyclic) bond motifs is 3. The molecule has 1 aliphatic rings. The van der Waals surface area contributed by atoms with Crippen LogP contribution in [0, 0.1) is 0 Å². The minimum atomic E-state index is -0.520. The van der Waals surface area contributed by atoms with E-state index in [9.17, 15) is 9.59 Å². The summed E-state index contributed by atoms with van der Waals surface area (Å²) in [4.78, 5) is 34.3. The van der Waals surface area contributed by atoms with E-state index in [0.29, 0.717) is 27.7 Å². The van der Waals surface area contributed by atoms with Crippen molar-refractivity contribution >= 4 is 34.7 Å². The van der Waals surface area contributed by atoms with E-state index < -0.39 is 6.04 Å². The van der Waals surface area contributed by atoms with Gasteiger partial charge in [0.15, 0.2) is 5.78 Å². The number of nitrogens with one attached hydrogen (secondary N) is 1. The smallest absolute Gasteiger partial charge is 0.319 e. The summed E-state index contributed by atoms with van der Waals surface area (Å²) in [5, 5.41) is 8.86. The van der Waals surface area contributed by atoms with Crippen molar-refractivity contribution in [2.24, 2.45) is 7.05 Å². The largest absolute Gasteiger partial charge is 0.479 e. The highest BCUT2D eigenvalue weighted by atomic mass is 35.5. The Labute approximate surface area is 234 Å². The fraction of sp³-hybridized carbons (Fsp3) is 0.296. The van der Waals surface area contributed by atoms with E-state index in [-0.39, 0.29) is 39.9 Å². The number of aromatic nitrogens is 5. The first-order valence-electron chi connectivity index (χ1n) is 12.1. The number of halogens is 2. The molecule has 1 aliphatic heterocycles. The number of carbonyl (C=O) groups excluding carboxylic acids is 1. The first-order valence-corrected chi connectivity index (χ1v) is 12.9. The molecule has 1 aromatic carbocycles. The van der Waals surface area contributed by atoms with E-state index in [1.54, 1.807) is 30.1 Å². The van der Waals surface area contributed by atoms with Crippen LogP contribution in [-0.4, -0.2) is 44.3 Å². The SMILES string of the molecule is COc1ncc(-n2nc(C(C)=O)c(C3Nc4cc(Cl)c(=O)n(C)c4-c4cc(Cl)ccc43)c2C(C)C)c(OC)n1. The summed E-state index contributed by atoms with van der Waals surface area (Å²) in [6, 6.07) is 6.70. The van der Waals surface area contributed by atoms with Crippen molar-refractivity contribution in [3.05, 3.63) is 73.4 Å². The average Bonchev–Trinajstić information content (AvgIpc) is 3.31. The quantitative estimate of drug-likeness (QED) is 0.316. The summed E-state index contributed by atoms with van der Waals surface area (Å²) < 4.78 is 13.8. The summed E-state index contributed by atoms with van der Waals surface area (Å²) in [7, 11) is 4.62. The van der Waals surface area contributed by atoms with Gasteiger partial charge in [0.2, 0.25) is 5.88 Å². The normalized spacial score (nSPS) is 14.0. The second-order valence-corrected chi connectivity index (χ2v) is 10.3. The number of methoxy groups -OCH3 is 2. The van der Waals surface area contributed by atoms with Crippen molar-refractivity contribution in [2.75, 3.05) is 19.5 Å². The predicted octanol–water partition coefficient (Wildman–Crippen LogP) is 5.19. The monoisotopic (exact) mass is 568 g/mol. The van der Waals surface area contributed by atoms with Gasteiger partial charge in [0.05, 0.1) is 43.5 Å². The van der Waals surface area contributed by atoms with Gasteiger partial charge in [-0.2, -0.15) is 10.1 Å². The van der Waals surface area contributed by atoms with Gasteiger partial charge >= 0.3 is 6.01 Å². The molecule has 202 valence electrons. The molecule has 0 radical (unpaired) electrons. The molecular weight excluding hydrogens is 543 g/mol. The topological polar surface area (TPSA) is 113 Å². The van der Waals surface area contributed by atoms with Crippen LogP contribution in [0.4, 0.5) is 5.69 Å². The standard InChI is InChI=1S/C27H26Cl2N6O4/c1-12(2)23-20(21(13(3)36)33-35(23)19-11-30-27(39-6)32-25(19)38-5)22-15-8-7-14(28)9-16(15)24-18(31-22)10-17(29)26(37)34(24)4/h7-12,22,31H,1-6H3. The summed E-state index contributed by atoms with van der Waals surface area (Å²) >= 11 is 12.7. The van der Waals surface area contributed by atoms with Crippen LogP contribution in [-0.2, 0) is 7.05 Å². The van der Waals surface area contributed by atoms with Gasteiger partial charge in [0.1, 0.15) is 16.4 Å². The van der Waals surface area contributed by atoms with Crippen LogP contribution in [0.15, 0.2) is 35.3 Å². The number of ketones is 1. The van der Waals surface area contributed by atoms with Crippen LogP contribution in [0.25, 0.3) is 16.9 Å². The maximum atomic E-state index is 13.1. The zero-order valence-corrected chi connectivity index (χ0v) is 23.7. The fourth-order valence-electron chi connectivity index (χ4n) is 5.05. The number of benzene rings is 1. The van der Waals surface area contributed by atoms with Gasteiger partial charge in [-0.3, -0.25) is 9.59 Å². The zero-order valence-electron chi connectivity index (χ0n) is 22.2. The molecule has 0 saturated heterocycles. The van der Waals surface area contributed by atoms with Crippen LogP contribution < -0.4 is 20.3 Å². The van der Waals surface area contributed by atoms with Gasteiger partial charge in [0, 0.05) is 30.1 Å². The number of ether oxygens (including phenoxy) is 2. The maximum absolute atomic E-state index is 13.1. The fourth-order valence-corrected chi connectivity index (χ4v) is 5.45. The third-order valence-electron chi connectivity index (χ3n) is 6.70. The Morgan fingerprint density at radius 2 is 1.90 bits per heavy atom. The molecule has 0 saturated carbocycles. The Balaban J connectivity index is 1.83. The molecule has 4 aromatic rings. The van der Waals surface area contributed by atoms with Crippen molar-refractivity contribution in [2.45, 2.75) is 32.7 Å². The lowest BCUT2D eigenvalue weighted by Crippen LogP contribution is -2.27. The Bertz CT molecular complexity index is 1690. The van der Waals surface area contributed by atoms with Gasteiger partial charge in [-0.05, 0) is 29.7 Å². The highest BCUT2D eigenvalue weighted by Gasteiger charge is 2.36. The Morgan fingerprint density at radius 1 is 1.15 bits per heavy atom. The Kier molecular flexibility index (Phi) is 6.86. The van der Waals surface area contributed by atoms with E-state index in [4.69, 9.17) is 37.8 Å². The molecule has 3 aromatic heterocycles. The third kappa shape index (κ3) is 4.33. The van der Waals surface area contributed by atoms with E-state index >= 15 is 0 Å². The molecule has 10 nitrogen and oxygen atoms in total. The lowest BCUT2D eigenvalue weighted by Gasteiger charge is -2.32. The minimum absolute atomic E-state index is 0.0691. The van der Waals surface area contributed by atoms with Gasteiger partial charge in [0.25, 0.3) is 5.56 Å². The second kappa shape index (κ2) is 10.0. The molecule has 0 amide bonds. The Morgan fingerprint density at radius 3 is 2.54 bits per heavy atom. The highest BCUT2D eigenvalue weighted by molar-refractivity contribution is 6.31. The summed E-state index contributed by atoms with van der Waals surface area (Å²) in [6.07, 6.45) is 1.55. The third-order valence-corrected chi connectivity index (χ3v) is 7.20. The number of Topliss-reactive ketones (excluding diaryl/α,β-unsaturated/α-hetero) is 1. The molecule has 0 fully saturated rings. The molecule has 1 unspecified atom stereocenters. The number of nitrogens with zero attached hydrogens (tertiary/aromatic N) is 5. The maximum Gasteiger partial charge on any atom is 0.319 e. The molecule has 5 rings (SSSR count). The van der Waals surface area contributed by atoms with Crippen molar-refractivity contribution < 1.29 is 14.3 Å². The molecule has 0 aliphatic carbocycles. The molecular formula is C27H26Cl2N6O4.